The molecule has 0 fully saturated rings. The Morgan fingerprint density at radius 3 is 2.54 bits per heavy atom. The molecule has 1 amide bonds. The van der Waals surface area contributed by atoms with Gasteiger partial charge in [-0.15, -0.1) is 0 Å². The van der Waals surface area contributed by atoms with Crippen molar-refractivity contribution in [3.05, 3.63) is 59.4 Å². The molecule has 6 heteroatoms. The molecule has 4 nitrogen and oxygen atoms in total. The summed E-state index contributed by atoms with van der Waals surface area (Å²) in [6.45, 7) is 5.32. The topological polar surface area (TPSA) is 47.6 Å². The summed E-state index contributed by atoms with van der Waals surface area (Å²) < 4.78 is 24.6. The molecule has 2 aromatic carbocycles. The summed E-state index contributed by atoms with van der Waals surface area (Å²) in [5.41, 5.74) is 1.20. The lowest BCUT2D eigenvalue weighted by Crippen LogP contribution is -2.25. The summed E-state index contributed by atoms with van der Waals surface area (Å²) in [7, 11) is 0. The van der Waals surface area contributed by atoms with Crippen LogP contribution in [0.15, 0.2) is 42.5 Å². The third kappa shape index (κ3) is 5.95. The summed E-state index contributed by atoms with van der Waals surface area (Å²) in [5, 5.41) is 2.87. The zero-order valence-electron chi connectivity index (χ0n) is 15.1. The van der Waals surface area contributed by atoms with Gasteiger partial charge in [-0.3, -0.25) is 4.79 Å². The number of thioether (sulfide) groups is 1. The maximum absolute atomic E-state index is 13.5. The van der Waals surface area contributed by atoms with Gasteiger partial charge >= 0.3 is 0 Å². The molecule has 0 aliphatic heterocycles. The summed E-state index contributed by atoms with van der Waals surface area (Å²) in [4.78, 5) is 12.3. The lowest BCUT2D eigenvalue weighted by atomic mass is 10.2. The fourth-order valence-electron chi connectivity index (χ4n) is 2.33. The fourth-order valence-corrected chi connectivity index (χ4v) is 3.17. The average molecular weight is 377 g/mol. The van der Waals surface area contributed by atoms with Gasteiger partial charge in [-0.2, -0.15) is 11.8 Å². The number of benzene rings is 2. The van der Waals surface area contributed by atoms with Gasteiger partial charge in [-0.05, 0) is 43.7 Å². The first-order valence-corrected chi connectivity index (χ1v) is 9.80. The van der Waals surface area contributed by atoms with Crippen LogP contribution in [0.5, 0.6) is 11.5 Å². The molecule has 0 saturated heterocycles. The molecule has 0 atom stereocenters. The molecule has 0 aliphatic rings. The second kappa shape index (κ2) is 10.7. The standard InChI is InChI=1S/C20H24FNO3S/c1-3-24-18-10-9-15(13-19(18)25-4-2)20(23)22-11-12-26-14-16-7-5-6-8-17(16)21/h5-10,13H,3-4,11-12,14H2,1-2H3,(H,22,23). The molecule has 0 unspecified atom stereocenters. The highest BCUT2D eigenvalue weighted by atomic mass is 32.2. The van der Waals surface area contributed by atoms with E-state index in [-0.39, 0.29) is 11.7 Å². The average Bonchev–Trinajstić information content (AvgIpc) is 2.64. The molecular weight excluding hydrogens is 353 g/mol. The van der Waals surface area contributed by atoms with E-state index in [4.69, 9.17) is 9.47 Å². The smallest absolute Gasteiger partial charge is 0.251 e. The zero-order valence-corrected chi connectivity index (χ0v) is 15.9. The lowest BCUT2D eigenvalue weighted by molar-refractivity contribution is 0.0955. The number of halogens is 1. The first kappa shape index (κ1) is 20.1. The molecule has 2 aromatic rings. The van der Waals surface area contributed by atoms with Gasteiger partial charge in [0, 0.05) is 23.6 Å². The SMILES string of the molecule is CCOc1ccc(C(=O)NCCSCc2ccccc2F)cc1OCC. The normalized spacial score (nSPS) is 10.4. The molecule has 26 heavy (non-hydrogen) atoms. The Bertz CT molecular complexity index is 724. The number of carbonyl (C=O) groups is 1. The van der Waals surface area contributed by atoms with Crippen LogP contribution in [0.2, 0.25) is 0 Å². The van der Waals surface area contributed by atoms with Crippen molar-refractivity contribution < 1.29 is 18.7 Å². The third-order valence-corrected chi connectivity index (χ3v) is 4.56. The molecule has 1 N–H and O–H groups in total. The van der Waals surface area contributed by atoms with Gasteiger partial charge in [0.15, 0.2) is 11.5 Å². The first-order valence-electron chi connectivity index (χ1n) is 8.64. The van der Waals surface area contributed by atoms with Crippen molar-refractivity contribution in [2.75, 3.05) is 25.5 Å². The molecule has 140 valence electrons. The Morgan fingerprint density at radius 1 is 1.08 bits per heavy atom. The van der Waals surface area contributed by atoms with Crippen LogP contribution in [-0.4, -0.2) is 31.4 Å². The summed E-state index contributed by atoms with van der Waals surface area (Å²) >= 11 is 1.58. The van der Waals surface area contributed by atoms with E-state index in [9.17, 15) is 9.18 Å². The van der Waals surface area contributed by atoms with E-state index in [1.807, 2.05) is 19.9 Å². The van der Waals surface area contributed by atoms with Crippen molar-refractivity contribution in [2.24, 2.45) is 0 Å². The Labute approximate surface area is 158 Å². The van der Waals surface area contributed by atoms with Crippen LogP contribution in [0.3, 0.4) is 0 Å². The second-order valence-corrected chi connectivity index (χ2v) is 6.53. The van der Waals surface area contributed by atoms with Gasteiger partial charge in [0.1, 0.15) is 5.82 Å². The number of nitrogens with one attached hydrogen (secondary N) is 1. The largest absolute Gasteiger partial charge is 0.490 e. The van der Waals surface area contributed by atoms with E-state index in [2.05, 4.69) is 5.32 Å². The Balaban J connectivity index is 1.82. The number of ether oxygens (including phenoxy) is 2. The molecule has 2 rings (SSSR count). The fraction of sp³-hybridized carbons (Fsp3) is 0.350. The van der Waals surface area contributed by atoms with Crippen molar-refractivity contribution in [3.63, 3.8) is 0 Å². The molecule has 0 bridgehead atoms. The van der Waals surface area contributed by atoms with Crippen molar-refractivity contribution >= 4 is 17.7 Å². The van der Waals surface area contributed by atoms with Gasteiger partial charge in [0.05, 0.1) is 13.2 Å². The van der Waals surface area contributed by atoms with Crippen LogP contribution >= 0.6 is 11.8 Å². The number of hydrogen-bond acceptors (Lipinski definition) is 4. The monoisotopic (exact) mass is 377 g/mol. The van der Waals surface area contributed by atoms with Crippen molar-refractivity contribution in [1.29, 1.82) is 0 Å². The second-order valence-electron chi connectivity index (χ2n) is 5.43. The molecule has 0 spiro atoms. The van der Waals surface area contributed by atoms with E-state index in [1.165, 1.54) is 6.07 Å². The van der Waals surface area contributed by atoms with Gasteiger partial charge in [0.2, 0.25) is 0 Å². The Kier molecular flexibility index (Phi) is 8.28. The summed E-state index contributed by atoms with van der Waals surface area (Å²) in [6, 6.07) is 11.9. The molecule has 0 radical (unpaired) electrons. The van der Waals surface area contributed by atoms with Crippen molar-refractivity contribution in [2.45, 2.75) is 19.6 Å². The van der Waals surface area contributed by atoms with Crippen LogP contribution in [0.4, 0.5) is 4.39 Å². The van der Waals surface area contributed by atoms with Crippen molar-refractivity contribution in [1.82, 2.24) is 5.32 Å². The highest BCUT2D eigenvalue weighted by molar-refractivity contribution is 7.98. The van der Waals surface area contributed by atoms with E-state index < -0.39 is 0 Å². The molecule has 0 aliphatic carbocycles. The maximum atomic E-state index is 13.5. The highest BCUT2D eigenvalue weighted by Gasteiger charge is 2.11. The third-order valence-electron chi connectivity index (χ3n) is 3.55. The van der Waals surface area contributed by atoms with Gasteiger partial charge < -0.3 is 14.8 Å². The predicted molar refractivity (Wildman–Crippen MR) is 104 cm³/mol. The minimum Gasteiger partial charge on any atom is -0.490 e. The zero-order chi connectivity index (χ0) is 18.8. The van der Waals surface area contributed by atoms with E-state index in [0.717, 1.165) is 0 Å². The highest BCUT2D eigenvalue weighted by Crippen LogP contribution is 2.28. The van der Waals surface area contributed by atoms with Gasteiger partial charge in [-0.1, -0.05) is 18.2 Å². The summed E-state index contributed by atoms with van der Waals surface area (Å²) in [6.07, 6.45) is 0. The Morgan fingerprint density at radius 2 is 1.81 bits per heavy atom. The van der Waals surface area contributed by atoms with Crippen LogP contribution in [0.25, 0.3) is 0 Å². The molecule has 0 heterocycles. The number of amides is 1. The maximum Gasteiger partial charge on any atom is 0.251 e. The molecular formula is C20H24FNO3S. The van der Waals surface area contributed by atoms with Gasteiger partial charge in [-0.25, -0.2) is 4.39 Å². The predicted octanol–water partition coefficient (Wildman–Crippen LogP) is 4.29. The lowest BCUT2D eigenvalue weighted by Gasteiger charge is -2.12. The van der Waals surface area contributed by atoms with Gasteiger partial charge in [0.25, 0.3) is 5.91 Å². The van der Waals surface area contributed by atoms with Crippen LogP contribution in [0, 0.1) is 5.82 Å². The minimum atomic E-state index is -0.193. The van der Waals surface area contributed by atoms with Crippen LogP contribution < -0.4 is 14.8 Å². The van der Waals surface area contributed by atoms with Crippen molar-refractivity contribution in [3.8, 4) is 11.5 Å². The van der Waals surface area contributed by atoms with Crippen LogP contribution in [-0.2, 0) is 5.75 Å². The number of hydrogen-bond donors (Lipinski definition) is 1. The summed E-state index contributed by atoms with van der Waals surface area (Å²) in [5.74, 6) is 2.12. The quantitative estimate of drug-likeness (QED) is 0.628. The molecule has 0 aromatic heterocycles. The van der Waals surface area contributed by atoms with E-state index in [0.29, 0.717) is 53.9 Å². The number of rotatable bonds is 10. The molecule has 0 saturated carbocycles. The first-order chi connectivity index (χ1) is 12.7. The minimum absolute atomic E-state index is 0.166. The Hall–Kier alpha value is -2.21. The number of carbonyl (C=O) groups excluding carboxylic acids is 1. The van der Waals surface area contributed by atoms with E-state index >= 15 is 0 Å². The van der Waals surface area contributed by atoms with Crippen LogP contribution in [0.1, 0.15) is 29.8 Å². The van der Waals surface area contributed by atoms with E-state index in [1.54, 1.807) is 42.1 Å².